The van der Waals surface area contributed by atoms with Crippen molar-refractivity contribution in [2.24, 2.45) is 5.92 Å². The zero-order valence-corrected chi connectivity index (χ0v) is 16.0. The summed E-state index contributed by atoms with van der Waals surface area (Å²) in [6, 6.07) is 15.2. The molecular weight excluding hydrogens is 364 g/mol. The quantitative estimate of drug-likeness (QED) is 0.795. The van der Waals surface area contributed by atoms with Crippen LogP contribution in [0.15, 0.2) is 48.5 Å². The highest BCUT2D eigenvalue weighted by molar-refractivity contribution is 6.30. The van der Waals surface area contributed by atoms with Gasteiger partial charge in [0, 0.05) is 31.1 Å². The molecule has 0 aliphatic carbocycles. The summed E-state index contributed by atoms with van der Waals surface area (Å²) in [5, 5.41) is 3.61. The van der Waals surface area contributed by atoms with Crippen LogP contribution in [-0.4, -0.2) is 36.9 Å². The Labute approximate surface area is 164 Å². The van der Waals surface area contributed by atoms with Gasteiger partial charge in [-0.1, -0.05) is 35.9 Å². The van der Waals surface area contributed by atoms with Crippen LogP contribution in [0.5, 0.6) is 5.75 Å². The first kappa shape index (κ1) is 19.2. The monoisotopic (exact) mass is 386 g/mol. The highest BCUT2D eigenvalue weighted by atomic mass is 35.5. The minimum Gasteiger partial charge on any atom is -0.497 e. The SMILES string of the molecule is COc1cccc(CCNC(=O)C2CC(=O)N(Cc3ccc(Cl)cc3)C2)c1. The number of rotatable bonds is 7. The van der Waals surface area contributed by atoms with E-state index in [1.165, 1.54) is 0 Å². The smallest absolute Gasteiger partial charge is 0.225 e. The normalized spacial score (nSPS) is 16.4. The van der Waals surface area contributed by atoms with Crippen LogP contribution >= 0.6 is 11.6 Å². The lowest BCUT2D eigenvalue weighted by Gasteiger charge is -2.17. The fraction of sp³-hybridized carbons (Fsp3) is 0.333. The van der Waals surface area contributed by atoms with E-state index in [0.717, 1.165) is 23.3 Å². The van der Waals surface area contributed by atoms with Crippen molar-refractivity contribution in [1.29, 1.82) is 0 Å². The molecule has 27 heavy (non-hydrogen) atoms. The number of ether oxygens (including phenoxy) is 1. The number of likely N-dealkylation sites (tertiary alicyclic amines) is 1. The molecule has 0 saturated carbocycles. The van der Waals surface area contributed by atoms with Gasteiger partial charge >= 0.3 is 0 Å². The summed E-state index contributed by atoms with van der Waals surface area (Å²) in [4.78, 5) is 26.4. The zero-order chi connectivity index (χ0) is 19.2. The third-order valence-corrected chi connectivity index (χ3v) is 4.97. The number of benzene rings is 2. The Morgan fingerprint density at radius 1 is 1.22 bits per heavy atom. The van der Waals surface area contributed by atoms with Crippen LogP contribution in [0.2, 0.25) is 5.02 Å². The van der Waals surface area contributed by atoms with Crippen LogP contribution in [0, 0.1) is 5.92 Å². The molecule has 1 atom stereocenters. The number of carbonyl (C=O) groups is 2. The van der Waals surface area contributed by atoms with E-state index in [4.69, 9.17) is 16.3 Å². The van der Waals surface area contributed by atoms with Gasteiger partial charge < -0.3 is 15.0 Å². The van der Waals surface area contributed by atoms with E-state index >= 15 is 0 Å². The number of amides is 2. The zero-order valence-electron chi connectivity index (χ0n) is 15.3. The van der Waals surface area contributed by atoms with Crippen molar-refractivity contribution >= 4 is 23.4 Å². The Bertz CT molecular complexity index is 807. The van der Waals surface area contributed by atoms with Crippen molar-refractivity contribution in [3.05, 3.63) is 64.7 Å². The lowest BCUT2D eigenvalue weighted by Crippen LogP contribution is -2.34. The van der Waals surface area contributed by atoms with Crippen LogP contribution in [0.3, 0.4) is 0 Å². The minimum atomic E-state index is -0.296. The molecule has 0 radical (unpaired) electrons. The Hall–Kier alpha value is -2.53. The molecule has 1 saturated heterocycles. The van der Waals surface area contributed by atoms with E-state index in [9.17, 15) is 9.59 Å². The van der Waals surface area contributed by atoms with Crippen molar-refractivity contribution in [3.63, 3.8) is 0 Å². The summed E-state index contributed by atoms with van der Waals surface area (Å²) in [5.41, 5.74) is 2.10. The Morgan fingerprint density at radius 2 is 2.00 bits per heavy atom. The van der Waals surface area contributed by atoms with Crippen molar-refractivity contribution in [2.45, 2.75) is 19.4 Å². The summed E-state index contributed by atoms with van der Waals surface area (Å²) in [5.74, 6) is 0.455. The van der Waals surface area contributed by atoms with Crippen LogP contribution < -0.4 is 10.1 Å². The van der Waals surface area contributed by atoms with Crippen molar-refractivity contribution in [3.8, 4) is 5.75 Å². The topological polar surface area (TPSA) is 58.6 Å². The lowest BCUT2D eigenvalue weighted by atomic mass is 10.1. The fourth-order valence-electron chi connectivity index (χ4n) is 3.21. The summed E-state index contributed by atoms with van der Waals surface area (Å²) in [6.07, 6.45) is 0.983. The van der Waals surface area contributed by atoms with Crippen LogP contribution in [0.1, 0.15) is 17.5 Å². The predicted molar refractivity (Wildman–Crippen MR) is 105 cm³/mol. The Kier molecular flexibility index (Phi) is 6.35. The molecule has 0 spiro atoms. The molecule has 2 amide bonds. The number of hydrogen-bond acceptors (Lipinski definition) is 3. The van der Waals surface area contributed by atoms with Gasteiger partial charge in [-0.05, 0) is 41.8 Å². The van der Waals surface area contributed by atoms with Crippen LogP contribution in [-0.2, 0) is 22.6 Å². The van der Waals surface area contributed by atoms with Gasteiger partial charge in [-0.2, -0.15) is 0 Å². The number of halogens is 1. The molecule has 1 unspecified atom stereocenters. The summed E-state index contributed by atoms with van der Waals surface area (Å²) in [6.45, 7) is 1.49. The molecule has 5 nitrogen and oxygen atoms in total. The van der Waals surface area contributed by atoms with E-state index in [1.54, 1.807) is 24.1 Å². The molecule has 2 aromatic carbocycles. The molecular formula is C21H23ClN2O3. The maximum atomic E-state index is 12.4. The number of nitrogens with zero attached hydrogens (tertiary/aromatic N) is 1. The molecule has 1 aliphatic heterocycles. The number of nitrogens with one attached hydrogen (secondary N) is 1. The Balaban J connectivity index is 1.47. The van der Waals surface area contributed by atoms with Gasteiger partial charge in [0.25, 0.3) is 0 Å². The highest BCUT2D eigenvalue weighted by Crippen LogP contribution is 2.21. The number of hydrogen-bond donors (Lipinski definition) is 1. The largest absolute Gasteiger partial charge is 0.497 e. The molecule has 3 rings (SSSR count). The molecule has 1 N–H and O–H groups in total. The molecule has 6 heteroatoms. The third kappa shape index (κ3) is 5.23. The van der Waals surface area contributed by atoms with Gasteiger partial charge in [-0.25, -0.2) is 0 Å². The second kappa shape index (κ2) is 8.91. The van der Waals surface area contributed by atoms with Gasteiger partial charge in [0.15, 0.2) is 0 Å². The number of carbonyl (C=O) groups excluding carboxylic acids is 2. The summed E-state index contributed by atoms with van der Waals surface area (Å²) in [7, 11) is 1.63. The molecule has 1 heterocycles. The van der Waals surface area contributed by atoms with Crippen molar-refractivity contribution in [1.82, 2.24) is 10.2 Å². The molecule has 0 bridgehead atoms. The van der Waals surface area contributed by atoms with Gasteiger partial charge in [-0.15, -0.1) is 0 Å². The highest BCUT2D eigenvalue weighted by Gasteiger charge is 2.33. The van der Waals surface area contributed by atoms with Crippen molar-refractivity contribution in [2.75, 3.05) is 20.2 Å². The standard InChI is InChI=1S/C21H23ClN2O3/c1-27-19-4-2-3-15(11-19)9-10-23-21(26)17-12-20(25)24(14-17)13-16-5-7-18(22)8-6-16/h2-8,11,17H,9-10,12-14H2,1H3,(H,23,26). The maximum absolute atomic E-state index is 12.4. The first-order chi connectivity index (χ1) is 13.0. The van der Waals surface area contributed by atoms with Crippen LogP contribution in [0.25, 0.3) is 0 Å². The van der Waals surface area contributed by atoms with Gasteiger partial charge in [0.2, 0.25) is 11.8 Å². The predicted octanol–water partition coefficient (Wildman–Crippen LogP) is 3.06. The maximum Gasteiger partial charge on any atom is 0.225 e. The van der Waals surface area contributed by atoms with Gasteiger partial charge in [0.1, 0.15) is 5.75 Å². The first-order valence-corrected chi connectivity index (χ1v) is 9.36. The van der Waals surface area contributed by atoms with Crippen LogP contribution in [0.4, 0.5) is 0 Å². The van der Waals surface area contributed by atoms with Crippen molar-refractivity contribution < 1.29 is 14.3 Å². The van der Waals surface area contributed by atoms with E-state index in [1.807, 2.05) is 36.4 Å². The molecule has 1 fully saturated rings. The third-order valence-electron chi connectivity index (χ3n) is 4.72. The van der Waals surface area contributed by atoms with E-state index in [0.29, 0.717) is 24.7 Å². The lowest BCUT2D eigenvalue weighted by molar-refractivity contribution is -0.129. The van der Waals surface area contributed by atoms with Gasteiger partial charge in [0.05, 0.1) is 13.0 Å². The van der Waals surface area contributed by atoms with E-state index in [-0.39, 0.29) is 24.2 Å². The first-order valence-electron chi connectivity index (χ1n) is 8.98. The molecule has 2 aromatic rings. The average Bonchev–Trinajstić information content (AvgIpc) is 3.04. The average molecular weight is 387 g/mol. The van der Waals surface area contributed by atoms with E-state index in [2.05, 4.69) is 5.32 Å². The minimum absolute atomic E-state index is 0.0119. The summed E-state index contributed by atoms with van der Waals surface area (Å²) < 4.78 is 5.20. The second-order valence-electron chi connectivity index (χ2n) is 6.69. The van der Waals surface area contributed by atoms with Gasteiger partial charge in [-0.3, -0.25) is 9.59 Å². The molecule has 0 aromatic heterocycles. The molecule has 1 aliphatic rings. The van der Waals surface area contributed by atoms with E-state index < -0.39 is 0 Å². The second-order valence-corrected chi connectivity index (χ2v) is 7.13. The number of methoxy groups -OCH3 is 1. The molecule has 142 valence electrons. The Morgan fingerprint density at radius 3 is 2.74 bits per heavy atom. The summed E-state index contributed by atoms with van der Waals surface area (Å²) >= 11 is 5.89. The fourth-order valence-corrected chi connectivity index (χ4v) is 3.34.